The van der Waals surface area contributed by atoms with E-state index >= 15 is 0 Å². The molecule has 0 saturated heterocycles. The lowest BCUT2D eigenvalue weighted by Gasteiger charge is -2.28. The molecule has 0 aromatic heterocycles. The first-order valence-corrected chi connectivity index (χ1v) is 13.3. The molecule has 0 radical (unpaired) electrons. The van der Waals surface area contributed by atoms with Crippen molar-refractivity contribution in [1.29, 1.82) is 0 Å². The minimum Gasteiger partial charge on any atom is -0.335 e. The van der Waals surface area contributed by atoms with E-state index < -0.39 is 16.1 Å². The summed E-state index contributed by atoms with van der Waals surface area (Å²) in [6, 6.07) is 5.43. The van der Waals surface area contributed by atoms with Crippen LogP contribution >= 0.6 is 0 Å². The molecule has 4 amide bonds. The van der Waals surface area contributed by atoms with E-state index in [9.17, 15) is 22.8 Å². The highest BCUT2D eigenvalue weighted by molar-refractivity contribution is 7.90. The van der Waals surface area contributed by atoms with Crippen molar-refractivity contribution in [3.63, 3.8) is 0 Å². The zero-order chi connectivity index (χ0) is 24.9. The molecule has 0 unspecified atom stereocenters. The molecule has 10 heteroatoms. The summed E-state index contributed by atoms with van der Waals surface area (Å²) in [5, 5.41) is 5.55. The smallest absolute Gasteiger partial charge is 0.328 e. The molecule has 0 spiro atoms. The SMILES string of the molecule is CCC1=C(C)CN(N(C=O)CCc2ccc(S(=O)(=O)NC(=O)NC3CCC(C)CC3)cc2)C1=O. The number of nitrogens with one attached hydrogen (secondary N) is 2. The highest BCUT2D eigenvalue weighted by Crippen LogP contribution is 2.24. The van der Waals surface area contributed by atoms with E-state index in [1.807, 2.05) is 13.8 Å². The maximum Gasteiger partial charge on any atom is 0.328 e. The molecule has 1 aliphatic carbocycles. The number of sulfonamides is 1. The third-order valence-corrected chi connectivity index (χ3v) is 7.97. The Hall–Kier alpha value is -2.88. The second kappa shape index (κ2) is 11.0. The summed E-state index contributed by atoms with van der Waals surface area (Å²) < 4.78 is 27.3. The van der Waals surface area contributed by atoms with Crippen molar-refractivity contribution in [2.45, 2.75) is 70.2 Å². The fraction of sp³-hybridized carbons (Fsp3) is 0.542. The van der Waals surface area contributed by atoms with Crippen molar-refractivity contribution in [3.8, 4) is 0 Å². The third kappa shape index (κ3) is 6.16. The lowest BCUT2D eigenvalue weighted by molar-refractivity contribution is -0.150. The van der Waals surface area contributed by atoms with Gasteiger partial charge in [-0.15, -0.1) is 0 Å². The minimum absolute atomic E-state index is 0.00979. The number of hydrazine groups is 1. The van der Waals surface area contributed by atoms with Crippen LogP contribution in [0.1, 0.15) is 58.4 Å². The summed E-state index contributed by atoms with van der Waals surface area (Å²) >= 11 is 0. The number of benzene rings is 1. The van der Waals surface area contributed by atoms with Gasteiger partial charge in [-0.2, -0.15) is 0 Å². The van der Waals surface area contributed by atoms with Gasteiger partial charge in [0, 0.05) is 18.2 Å². The number of hydrogen-bond donors (Lipinski definition) is 2. The predicted octanol–water partition coefficient (Wildman–Crippen LogP) is 2.74. The van der Waals surface area contributed by atoms with Crippen molar-refractivity contribution in [3.05, 3.63) is 41.0 Å². The van der Waals surface area contributed by atoms with E-state index in [-0.39, 0.29) is 23.4 Å². The molecule has 0 bridgehead atoms. The maximum absolute atomic E-state index is 12.6. The van der Waals surface area contributed by atoms with E-state index in [1.165, 1.54) is 22.2 Å². The minimum atomic E-state index is -4.00. The van der Waals surface area contributed by atoms with E-state index in [0.29, 0.717) is 31.7 Å². The molecule has 1 aromatic rings. The van der Waals surface area contributed by atoms with Crippen LogP contribution in [0.25, 0.3) is 0 Å². The highest BCUT2D eigenvalue weighted by atomic mass is 32.2. The number of carbonyl (C=O) groups is 3. The molecule has 0 atom stereocenters. The maximum atomic E-state index is 12.6. The average molecular weight is 491 g/mol. The Balaban J connectivity index is 1.54. The molecule has 1 aliphatic heterocycles. The Kier molecular flexibility index (Phi) is 8.35. The zero-order valence-corrected chi connectivity index (χ0v) is 20.9. The molecule has 34 heavy (non-hydrogen) atoms. The number of amides is 4. The van der Waals surface area contributed by atoms with E-state index in [0.717, 1.165) is 42.4 Å². The largest absolute Gasteiger partial charge is 0.335 e. The van der Waals surface area contributed by atoms with Crippen LogP contribution in [0, 0.1) is 5.92 Å². The summed E-state index contributed by atoms with van der Waals surface area (Å²) in [6.45, 7) is 6.66. The van der Waals surface area contributed by atoms with Crippen LogP contribution in [0.4, 0.5) is 4.79 Å². The Morgan fingerprint density at radius 3 is 2.38 bits per heavy atom. The van der Waals surface area contributed by atoms with Crippen LogP contribution in [0.15, 0.2) is 40.3 Å². The van der Waals surface area contributed by atoms with Crippen molar-refractivity contribution < 1.29 is 22.8 Å². The molecule has 1 aromatic carbocycles. The normalized spacial score (nSPS) is 20.9. The van der Waals surface area contributed by atoms with Gasteiger partial charge in [0.25, 0.3) is 15.9 Å². The quantitative estimate of drug-likeness (QED) is 0.517. The molecular formula is C24H34N4O5S. The molecule has 186 valence electrons. The van der Waals surface area contributed by atoms with Gasteiger partial charge in [0.15, 0.2) is 0 Å². The molecule has 1 saturated carbocycles. The molecular weight excluding hydrogens is 456 g/mol. The van der Waals surface area contributed by atoms with Gasteiger partial charge in [0.05, 0.1) is 11.4 Å². The molecule has 3 rings (SSSR count). The molecule has 9 nitrogen and oxygen atoms in total. The van der Waals surface area contributed by atoms with Crippen LogP contribution in [0.5, 0.6) is 0 Å². The van der Waals surface area contributed by atoms with Gasteiger partial charge in [0.2, 0.25) is 6.41 Å². The second-order valence-corrected chi connectivity index (χ2v) is 10.9. The molecule has 1 heterocycles. The Labute approximate surface area is 201 Å². The van der Waals surface area contributed by atoms with Crippen molar-refractivity contribution in [2.24, 2.45) is 5.92 Å². The van der Waals surface area contributed by atoms with Gasteiger partial charge >= 0.3 is 6.03 Å². The molecule has 2 N–H and O–H groups in total. The van der Waals surface area contributed by atoms with E-state index in [2.05, 4.69) is 17.0 Å². The number of carbonyl (C=O) groups excluding carboxylic acids is 3. The number of nitrogens with zero attached hydrogens (tertiary/aromatic N) is 2. The van der Waals surface area contributed by atoms with Crippen LogP contribution in [-0.2, 0) is 26.0 Å². The number of hydrogen-bond acceptors (Lipinski definition) is 5. The number of rotatable bonds is 9. The number of urea groups is 1. The summed E-state index contributed by atoms with van der Waals surface area (Å²) in [7, 11) is -4.00. The van der Waals surface area contributed by atoms with Gasteiger partial charge in [-0.05, 0) is 74.6 Å². The lowest BCUT2D eigenvalue weighted by Crippen LogP contribution is -2.45. The fourth-order valence-electron chi connectivity index (χ4n) is 4.50. The average Bonchev–Trinajstić information content (AvgIpc) is 3.08. The van der Waals surface area contributed by atoms with Gasteiger partial charge in [-0.3, -0.25) is 14.6 Å². The first kappa shape index (κ1) is 25.7. The Morgan fingerprint density at radius 2 is 1.82 bits per heavy atom. The van der Waals surface area contributed by atoms with Crippen LogP contribution in [-0.4, -0.2) is 55.9 Å². The topological polar surface area (TPSA) is 116 Å². The summed E-state index contributed by atoms with van der Waals surface area (Å²) in [4.78, 5) is 36.3. The van der Waals surface area contributed by atoms with Gasteiger partial charge in [0.1, 0.15) is 0 Å². The zero-order valence-electron chi connectivity index (χ0n) is 20.0. The monoisotopic (exact) mass is 490 g/mol. The van der Waals surface area contributed by atoms with Crippen LogP contribution < -0.4 is 10.0 Å². The van der Waals surface area contributed by atoms with E-state index in [1.54, 1.807) is 12.1 Å². The highest BCUT2D eigenvalue weighted by Gasteiger charge is 2.30. The Morgan fingerprint density at radius 1 is 1.18 bits per heavy atom. The van der Waals surface area contributed by atoms with E-state index in [4.69, 9.17) is 0 Å². The summed E-state index contributed by atoms with van der Waals surface area (Å²) in [5.41, 5.74) is 2.50. The fourth-order valence-corrected chi connectivity index (χ4v) is 5.42. The van der Waals surface area contributed by atoms with Crippen molar-refractivity contribution in [1.82, 2.24) is 20.1 Å². The second-order valence-electron chi connectivity index (χ2n) is 9.17. The standard InChI is InChI=1S/C24H34N4O5S/c1-4-22-18(3)15-28(23(22)30)27(16-29)14-13-19-7-11-21(12-8-19)34(32,33)26-24(31)25-20-9-5-17(2)6-10-20/h7-8,11-12,16-17,20H,4-6,9-10,13-15H2,1-3H3,(H2,25,26,31). The third-order valence-electron chi connectivity index (χ3n) is 6.62. The van der Waals surface area contributed by atoms with Gasteiger partial charge in [-0.1, -0.05) is 26.0 Å². The Bertz CT molecular complexity index is 1040. The first-order valence-electron chi connectivity index (χ1n) is 11.8. The van der Waals surface area contributed by atoms with Crippen molar-refractivity contribution >= 4 is 28.4 Å². The lowest BCUT2D eigenvalue weighted by atomic mass is 9.87. The van der Waals surface area contributed by atoms with Crippen LogP contribution in [0.2, 0.25) is 0 Å². The summed E-state index contributed by atoms with van der Waals surface area (Å²) in [5.74, 6) is 0.480. The predicted molar refractivity (Wildman–Crippen MR) is 128 cm³/mol. The van der Waals surface area contributed by atoms with Gasteiger partial charge in [-0.25, -0.2) is 22.9 Å². The molecule has 1 fully saturated rings. The summed E-state index contributed by atoms with van der Waals surface area (Å²) in [6.07, 6.45) is 5.43. The molecule has 2 aliphatic rings. The van der Waals surface area contributed by atoms with Crippen molar-refractivity contribution in [2.75, 3.05) is 13.1 Å². The van der Waals surface area contributed by atoms with Gasteiger partial charge < -0.3 is 5.32 Å². The van der Waals surface area contributed by atoms with Crippen LogP contribution in [0.3, 0.4) is 0 Å². The first-order chi connectivity index (χ1) is 16.1.